The van der Waals surface area contributed by atoms with Gasteiger partial charge in [-0.25, -0.2) is 0 Å². The van der Waals surface area contributed by atoms with Crippen LogP contribution in [0.5, 0.6) is 0 Å². The Bertz CT molecular complexity index is 291. The highest BCUT2D eigenvalue weighted by molar-refractivity contribution is 5.28. The molecule has 0 bridgehead atoms. The van der Waals surface area contributed by atoms with E-state index in [1.807, 2.05) is 6.08 Å². The van der Waals surface area contributed by atoms with Crippen molar-refractivity contribution in [2.75, 3.05) is 0 Å². The standard InChI is InChI=1S/C15H22/c1-5-13(3)14(4)11-15-8-6-7-12(2)9-10-15/h5-10,12-14H,1,11H2,2-4H3. The Balaban J connectivity index is 2.59. The van der Waals surface area contributed by atoms with Crippen LogP contribution >= 0.6 is 0 Å². The summed E-state index contributed by atoms with van der Waals surface area (Å²) in [5.41, 5.74) is 1.43. The second kappa shape index (κ2) is 5.75. The molecule has 0 amide bonds. The van der Waals surface area contributed by atoms with Gasteiger partial charge in [-0.2, -0.15) is 0 Å². The summed E-state index contributed by atoms with van der Waals surface area (Å²) in [4.78, 5) is 0. The van der Waals surface area contributed by atoms with Crippen molar-refractivity contribution in [2.45, 2.75) is 27.2 Å². The molecule has 0 heteroatoms. The van der Waals surface area contributed by atoms with Gasteiger partial charge in [-0.1, -0.05) is 57.2 Å². The third-order valence-corrected chi connectivity index (χ3v) is 3.17. The molecule has 0 saturated carbocycles. The summed E-state index contributed by atoms with van der Waals surface area (Å²) in [5.74, 6) is 1.81. The lowest BCUT2D eigenvalue weighted by atomic mass is 9.89. The van der Waals surface area contributed by atoms with E-state index in [4.69, 9.17) is 0 Å². The fourth-order valence-electron chi connectivity index (χ4n) is 1.68. The third-order valence-electron chi connectivity index (χ3n) is 3.17. The van der Waals surface area contributed by atoms with Crippen LogP contribution in [0.25, 0.3) is 0 Å². The molecular formula is C15H22. The van der Waals surface area contributed by atoms with E-state index in [-0.39, 0.29) is 0 Å². The van der Waals surface area contributed by atoms with Gasteiger partial charge in [0, 0.05) is 0 Å². The first kappa shape index (κ1) is 12.0. The molecule has 3 atom stereocenters. The minimum absolute atomic E-state index is 0.561. The summed E-state index contributed by atoms with van der Waals surface area (Å²) >= 11 is 0. The van der Waals surface area contributed by atoms with Crippen LogP contribution in [-0.2, 0) is 0 Å². The topological polar surface area (TPSA) is 0 Å². The quantitative estimate of drug-likeness (QED) is 0.588. The average molecular weight is 202 g/mol. The Morgan fingerprint density at radius 3 is 2.80 bits per heavy atom. The predicted molar refractivity (Wildman–Crippen MR) is 68.7 cm³/mol. The number of allylic oxidation sites excluding steroid dienone is 7. The molecule has 0 heterocycles. The minimum atomic E-state index is 0.561. The number of hydrogen-bond acceptors (Lipinski definition) is 0. The van der Waals surface area contributed by atoms with Crippen LogP contribution in [0.3, 0.4) is 0 Å². The van der Waals surface area contributed by atoms with Gasteiger partial charge in [0.2, 0.25) is 0 Å². The van der Waals surface area contributed by atoms with E-state index < -0.39 is 0 Å². The highest BCUT2D eigenvalue weighted by atomic mass is 14.1. The molecule has 1 aliphatic rings. The van der Waals surface area contributed by atoms with Gasteiger partial charge >= 0.3 is 0 Å². The lowest BCUT2D eigenvalue weighted by Crippen LogP contribution is -2.05. The molecule has 0 fully saturated rings. The summed E-state index contributed by atoms with van der Waals surface area (Å²) in [7, 11) is 0. The fourth-order valence-corrected chi connectivity index (χ4v) is 1.68. The predicted octanol–water partition coefficient (Wildman–Crippen LogP) is 4.52. The van der Waals surface area contributed by atoms with E-state index in [2.05, 4.69) is 57.7 Å². The first-order valence-corrected chi connectivity index (χ1v) is 5.81. The Kier molecular flexibility index (Phi) is 4.61. The molecule has 0 spiro atoms. The van der Waals surface area contributed by atoms with Gasteiger partial charge in [-0.05, 0) is 29.7 Å². The van der Waals surface area contributed by atoms with Crippen LogP contribution in [0.2, 0.25) is 0 Å². The van der Waals surface area contributed by atoms with Gasteiger partial charge in [0.05, 0.1) is 0 Å². The maximum Gasteiger partial charge on any atom is -0.00755 e. The van der Waals surface area contributed by atoms with Crippen molar-refractivity contribution in [3.05, 3.63) is 48.6 Å². The van der Waals surface area contributed by atoms with Crippen LogP contribution in [0, 0.1) is 17.8 Å². The number of hydrogen-bond donors (Lipinski definition) is 0. The van der Waals surface area contributed by atoms with E-state index in [1.54, 1.807) is 0 Å². The van der Waals surface area contributed by atoms with E-state index >= 15 is 0 Å². The molecule has 0 saturated heterocycles. The first-order chi connectivity index (χ1) is 7.13. The summed E-state index contributed by atoms with van der Waals surface area (Å²) in [5, 5.41) is 0. The van der Waals surface area contributed by atoms with Crippen molar-refractivity contribution in [2.24, 2.45) is 17.8 Å². The first-order valence-electron chi connectivity index (χ1n) is 5.81. The lowest BCUT2D eigenvalue weighted by Gasteiger charge is -2.16. The molecule has 0 nitrogen and oxygen atoms in total. The number of rotatable bonds is 4. The Hall–Kier alpha value is -1.04. The average Bonchev–Trinajstić information content (AvgIpc) is 2.42. The molecule has 15 heavy (non-hydrogen) atoms. The lowest BCUT2D eigenvalue weighted by molar-refractivity contribution is 0.460. The van der Waals surface area contributed by atoms with Gasteiger partial charge in [0.15, 0.2) is 0 Å². The van der Waals surface area contributed by atoms with Gasteiger partial charge in [-0.3, -0.25) is 0 Å². The molecule has 0 N–H and O–H groups in total. The summed E-state index contributed by atoms with van der Waals surface area (Å²) in [6.45, 7) is 10.6. The monoisotopic (exact) mass is 202 g/mol. The zero-order chi connectivity index (χ0) is 11.3. The van der Waals surface area contributed by atoms with Crippen molar-refractivity contribution in [1.82, 2.24) is 0 Å². The Labute approximate surface area is 94.1 Å². The highest BCUT2D eigenvalue weighted by Crippen LogP contribution is 2.23. The maximum absolute atomic E-state index is 3.85. The zero-order valence-electron chi connectivity index (χ0n) is 10.1. The zero-order valence-corrected chi connectivity index (χ0v) is 10.1. The second-order valence-corrected chi connectivity index (χ2v) is 4.62. The van der Waals surface area contributed by atoms with Crippen molar-refractivity contribution >= 4 is 0 Å². The molecule has 1 aliphatic carbocycles. The van der Waals surface area contributed by atoms with E-state index in [1.165, 1.54) is 5.57 Å². The van der Waals surface area contributed by atoms with Crippen molar-refractivity contribution < 1.29 is 0 Å². The van der Waals surface area contributed by atoms with Crippen LogP contribution in [0.4, 0.5) is 0 Å². The van der Waals surface area contributed by atoms with Crippen molar-refractivity contribution in [1.29, 1.82) is 0 Å². The molecule has 0 aromatic heterocycles. The SMILES string of the molecule is C=CC(C)C(C)CC1=CC=CC(C)C=C1. The molecule has 0 radical (unpaired) electrons. The van der Waals surface area contributed by atoms with Crippen LogP contribution in [-0.4, -0.2) is 0 Å². The van der Waals surface area contributed by atoms with Crippen LogP contribution in [0.15, 0.2) is 48.6 Å². The molecule has 0 aromatic rings. The van der Waals surface area contributed by atoms with Gasteiger partial charge in [-0.15, -0.1) is 6.58 Å². The fraction of sp³-hybridized carbons (Fsp3) is 0.467. The summed E-state index contributed by atoms with van der Waals surface area (Å²) in [6.07, 6.45) is 14.3. The third kappa shape index (κ3) is 3.91. The molecular weight excluding hydrogens is 180 g/mol. The molecule has 3 unspecified atom stereocenters. The van der Waals surface area contributed by atoms with E-state index in [0.717, 1.165) is 6.42 Å². The van der Waals surface area contributed by atoms with Gasteiger partial charge in [0.25, 0.3) is 0 Å². The van der Waals surface area contributed by atoms with Crippen molar-refractivity contribution in [3.8, 4) is 0 Å². The Morgan fingerprint density at radius 1 is 1.40 bits per heavy atom. The van der Waals surface area contributed by atoms with E-state index in [9.17, 15) is 0 Å². The minimum Gasteiger partial charge on any atom is -0.103 e. The van der Waals surface area contributed by atoms with Crippen LogP contribution < -0.4 is 0 Å². The Morgan fingerprint density at radius 2 is 2.13 bits per heavy atom. The van der Waals surface area contributed by atoms with E-state index in [0.29, 0.717) is 17.8 Å². The smallest absolute Gasteiger partial charge is 0.00755 e. The van der Waals surface area contributed by atoms with Gasteiger partial charge in [0.1, 0.15) is 0 Å². The normalized spacial score (nSPS) is 24.2. The molecule has 0 aliphatic heterocycles. The molecule has 0 aromatic carbocycles. The van der Waals surface area contributed by atoms with Crippen molar-refractivity contribution in [3.63, 3.8) is 0 Å². The molecule has 1 rings (SSSR count). The van der Waals surface area contributed by atoms with Gasteiger partial charge < -0.3 is 0 Å². The summed E-state index contributed by atoms with van der Waals surface area (Å²) < 4.78 is 0. The second-order valence-electron chi connectivity index (χ2n) is 4.62. The highest BCUT2D eigenvalue weighted by Gasteiger charge is 2.10. The largest absolute Gasteiger partial charge is 0.103 e. The van der Waals surface area contributed by atoms with Crippen LogP contribution in [0.1, 0.15) is 27.2 Å². The molecule has 82 valence electrons. The summed E-state index contributed by atoms with van der Waals surface area (Å²) in [6, 6.07) is 0. The maximum atomic E-state index is 3.85.